The fraction of sp³-hybridized carbons (Fsp3) is 0.0833. The predicted molar refractivity (Wildman–Crippen MR) is 81.7 cm³/mol. The van der Waals surface area contributed by atoms with Crippen molar-refractivity contribution in [1.29, 1.82) is 0 Å². The molecule has 2 aromatic heterocycles. The average Bonchev–Trinajstić information content (AvgIpc) is 2.93. The van der Waals surface area contributed by atoms with E-state index in [9.17, 15) is 4.79 Å². The minimum Gasteiger partial charge on any atom is -0.266 e. The van der Waals surface area contributed by atoms with Crippen molar-refractivity contribution in [1.82, 2.24) is 15.0 Å². The van der Waals surface area contributed by atoms with Crippen LogP contribution in [0, 0.1) is 6.92 Å². The van der Waals surface area contributed by atoms with Gasteiger partial charge in [-0.2, -0.15) is 4.68 Å². The van der Waals surface area contributed by atoms with E-state index >= 15 is 0 Å². The van der Waals surface area contributed by atoms with Gasteiger partial charge in [0.05, 0.1) is 14.2 Å². The lowest BCUT2D eigenvalue weighted by molar-refractivity contribution is 0.0952. The molecule has 0 atom stereocenters. The van der Waals surface area contributed by atoms with Crippen LogP contribution in [0.1, 0.15) is 15.2 Å². The van der Waals surface area contributed by atoms with Crippen LogP contribution in [-0.4, -0.2) is 20.9 Å². The normalized spacial score (nSPS) is 11.1. The molecule has 0 amide bonds. The molecule has 0 fully saturated rings. The molecular weight excluding hydrogens is 394 g/mol. The zero-order chi connectivity index (χ0) is 13.6. The Labute approximate surface area is 129 Å². The van der Waals surface area contributed by atoms with Gasteiger partial charge in [0.2, 0.25) is 0 Å². The fourth-order valence-corrected chi connectivity index (χ4v) is 3.70. The van der Waals surface area contributed by atoms with Crippen molar-refractivity contribution in [3.63, 3.8) is 0 Å². The third kappa shape index (κ3) is 2.26. The van der Waals surface area contributed by atoms with Gasteiger partial charge in [0.25, 0.3) is 5.91 Å². The number of benzene rings is 1. The molecule has 96 valence electrons. The van der Waals surface area contributed by atoms with Gasteiger partial charge in [-0.3, -0.25) is 4.79 Å². The molecule has 7 heteroatoms. The van der Waals surface area contributed by atoms with Crippen LogP contribution in [0.4, 0.5) is 0 Å². The van der Waals surface area contributed by atoms with Crippen LogP contribution in [0.3, 0.4) is 0 Å². The van der Waals surface area contributed by atoms with Gasteiger partial charge in [0, 0.05) is 4.47 Å². The van der Waals surface area contributed by atoms with E-state index in [-0.39, 0.29) is 5.91 Å². The number of hydrogen-bond acceptors (Lipinski definition) is 4. The van der Waals surface area contributed by atoms with Gasteiger partial charge in [-0.25, -0.2) is 0 Å². The van der Waals surface area contributed by atoms with E-state index in [4.69, 9.17) is 0 Å². The number of hydrogen-bond donors (Lipinski definition) is 0. The van der Waals surface area contributed by atoms with Gasteiger partial charge < -0.3 is 0 Å². The molecule has 1 aromatic carbocycles. The second kappa shape index (κ2) is 4.81. The summed E-state index contributed by atoms with van der Waals surface area (Å²) in [6.45, 7) is 1.98. The van der Waals surface area contributed by atoms with Crippen LogP contribution < -0.4 is 0 Å². The number of carbonyl (C=O) groups is 1. The van der Waals surface area contributed by atoms with Gasteiger partial charge in [-0.05, 0) is 62.5 Å². The highest BCUT2D eigenvalue weighted by atomic mass is 79.9. The maximum atomic E-state index is 12.4. The largest absolute Gasteiger partial charge is 0.290 e. The molecule has 0 aliphatic rings. The van der Waals surface area contributed by atoms with E-state index in [0.717, 1.165) is 24.9 Å². The molecule has 3 aromatic rings. The van der Waals surface area contributed by atoms with Crippen LogP contribution in [0.5, 0.6) is 0 Å². The molecule has 3 rings (SSSR count). The first kappa shape index (κ1) is 13.0. The number of aromatic nitrogens is 3. The first-order chi connectivity index (χ1) is 9.06. The number of rotatable bonds is 1. The van der Waals surface area contributed by atoms with Gasteiger partial charge >= 0.3 is 0 Å². The molecule has 0 spiro atoms. The first-order valence-corrected chi connectivity index (χ1v) is 7.78. The molecule has 0 bridgehead atoms. The molecule has 0 N–H and O–H groups in total. The quantitative estimate of drug-likeness (QED) is 0.619. The summed E-state index contributed by atoms with van der Waals surface area (Å²) in [5.41, 5.74) is 2.54. The van der Waals surface area contributed by atoms with Crippen molar-refractivity contribution in [3.8, 4) is 0 Å². The van der Waals surface area contributed by atoms with Crippen molar-refractivity contribution >= 4 is 60.1 Å². The third-order valence-electron chi connectivity index (χ3n) is 2.65. The summed E-state index contributed by atoms with van der Waals surface area (Å²) in [5, 5.41) is 7.97. The Balaban J connectivity index is 2.11. The smallest absolute Gasteiger partial charge is 0.266 e. The third-order valence-corrected chi connectivity index (χ3v) is 5.89. The van der Waals surface area contributed by atoms with E-state index in [0.29, 0.717) is 4.88 Å². The predicted octanol–water partition coefficient (Wildman–Crippen LogP) is 4.01. The molecule has 0 saturated carbocycles. The molecule has 0 unspecified atom stereocenters. The van der Waals surface area contributed by atoms with E-state index in [2.05, 4.69) is 42.2 Å². The Morgan fingerprint density at radius 3 is 2.79 bits per heavy atom. The number of nitrogens with zero attached hydrogens (tertiary/aromatic N) is 3. The maximum Gasteiger partial charge on any atom is 0.290 e. The van der Waals surface area contributed by atoms with Gasteiger partial charge in [0.15, 0.2) is 0 Å². The van der Waals surface area contributed by atoms with E-state index in [1.165, 1.54) is 16.0 Å². The van der Waals surface area contributed by atoms with Crippen molar-refractivity contribution in [3.05, 3.63) is 43.0 Å². The lowest BCUT2D eigenvalue weighted by Crippen LogP contribution is -2.12. The Hall–Kier alpha value is -1.05. The van der Waals surface area contributed by atoms with Gasteiger partial charge in [0.1, 0.15) is 5.52 Å². The SMILES string of the molecule is Cc1ccc2c(c1)nnn2C(=O)c1cc(Br)c(Br)s1. The number of halogens is 2. The highest BCUT2D eigenvalue weighted by Crippen LogP contribution is 2.33. The maximum absolute atomic E-state index is 12.4. The lowest BCUT2D eigenvalue weighted by Gasteiger charge is -1.98. The molecule has 19 heavy (non-hydrogen) atoms. The highest BCUT2D eigenvalue weighted by molar-refractivity contribution is 9.13. The second-order valence-corrected chi connectivity index (χ2v) is 7.26. The number of aryl methyl sites for hydroxylation is 1. The molecule has 0 saturated heterocycles. The first-order valence-electron chi connectivity index (χ1n) is 5.38. The average molecular weight is 401 g/mol. The number of carbonyl (C=O) groups excluding carboxylic acids is 1. The standard InChI is InChI=1S/C12H7Br2N3OS/c1-6-2-3-9-8(4-6)15-16-17(9)12(18)10-5-7(13)11(14)19-10/h2-5H,1H3. The topological polar surface area (TPSA) is 47.8 Å². The summed E-state index contributed by atoms with van der Waals surface area (Å²) in [7, 11) is 0. The Bertz CT molecular complexity index is 774. The van der Waals surface area contributed by atoms with Crippen LogP contribution in [-0.2, 0) is 0 Å². The second-order valence-electron chi connectivity index (χ2n) is 4.03. The van der Waals surface area contributed by atoms with Crippen molar-refractivity contribution in [2.75, 3.05) is 0 Å². The van der Waals surface area contributed by atoms with Crippen molar-refractivity contribution < 1.29 is 4.79 Å². The summed E-state index contributed by atoms with van der Waals surface area (Å²) >= 11 is 8.12. The summed E-state index contributed by atoms with van der Waals surface area (Å²) in [4.78, 5) is 13.0. The van der Waals surface area contributed by atoms with E-state index in [1.807, 2.05) is 25.1 Å². The van der Waals surface area contributed by atoms with E-state index in [1.54, 1.807) is 6.07 Å². The zero-order valence-corrected chi connectivity index (χ0v) is 13.7. The molecule has 0 radical (unpaired) electrons. The molecule has 2 heterocycles. The fourth-order valence-electron chi connectivity index (χ4n) is 1.74. The summed E-state index contributed by atoms with van der Waals surface area (Å²) < 4.78 is 3.08. The lowest BCUT2D eigenvalue weighted by atomic mass is 10.2. The summed E-state index contributed by atoms with van der Waals surface area (Å²) in [5.74, 6) is -0.178. The highest BCUT2D eigenvalue weighted by Gasteiger charge is 2.17. The van der Waals surface area contributed by atoms with Crippen LogP contribution >= 0.6 is 43.2 Å². The Morgan fingerprint density at radius 2 is 2.11 bits per heavy atom. The van der Waals surface area contributed by atoms with Gasteiger partial charge in [-0.15, -0.1) is 16.4 Å². The van der Waals surface area contributed by atoms with E-state index < -0.39 is 0 Å². The van der Waals surface area contributed by atoms with Crippen molar-refractivity contribution in [2.24, 2.45) is 0 Å². The van der Waals surface area contributed by atoms with Crippen LogP contribution in [0.25, 0.3) is 11.0 Å². The minimum absolute atomic E-state index is 0.178. The van der Waals surface area contributed by atoms with Crippen LogP contribution in [0.15, 0.2) is 32.5 Å². The Kier molecular flexibility index (Phi) is 3.28. The molecule has 0 aliphatic heterocycles. The molecule has 0 aliphatic carbocycles. The zero-order valence-electron chi connectivity index (χ0n) is 9.72. The molecule has 4 nitrogen and oxygen atoms in total. The number of thiophene rings is 1. The van der Waals surface area contributed by atoms with Gasteiger partial charge in [-0.1, -0.05) is 11.3 Å². The summed E-state index contributed by atoms with van der Waals surface area (Å²) in [6, 6.07) is 7.49. The molecular formula is C12H7Br2N3OS. The Morgan fingerprint density at radius 1 is 1.32 bits per heavy atom. The summed E-state index contributed by atoms with van der Waals surface area (Å²) in [6.07, 6.45) is 0. The van der Waals surface area contributed by atoms with Crippen LogP contribution in [0.2, 0.25) is 0 Å². The minimum atomic E-state index is -0.178. The monoisotopic (exact) mass is 399 g/mol. The number of fused-ring (bicyclic) bond motifs is 1. The van der Waals surface area contributed by atoms with Crippen molar-refractivity contribution in [2.45, 2.75) is 6.92 Å².